The van der Waals surface area contributed by atoms with Crippen LogP contribution in [0.5, 0.6) is 0 Å². The molecule has 1 aromatic rings. The summed E-state index contributed by atoms with van der Waals surface area (Å²) in [6.07, 6.45) is 3.13. The SMILES string of the molecule is C[C@@H](N)C(=O)N1CCCC1C(=O)Nc1nccs1.Cl.Cl. The minimum Gasteiger partial charge on any atom is -0.329 e. The molecule has 2 heterocycles. The molecule has 0 aliphatic carbocycles. The van der Waals surface area contributed by atoms with E-state index in [0.717, 1.165) is 6.42 Å². The van der Waals surface area contributed by atoms with E-state index in [1.165, 1.54) is 11.3 Å². The molecule has 1 aliphatic heterocycles. The number of halogens is 2. The van der Waals surface area contributed by atoms with E-state index in [-0.39, 0.29) is 36.6 Å². The quantitative estimate of drug-likeness (QED) is 0.866. The number of nitrogens with two attached hydrogens (primary N) is 1. The molecule has 3 N–H and O–H groups in total. The van der Waals surface area contributed by atoms with Gasteiger partial charge in [0.1, 0.15) is 6.04 Å². The molecule has 20 heavy (non-hydrogen) atoms. The first-order valence-corrected chi connectivity index (χ1v) is 6.74. The molecule has 1 aromatic heterocycles. The molecule has 2 rings (SSSR count). The van der Waals surface area contributed by atoms with Crippen LogP contribution in [0.1, 0.15) is 19.8 Å². The van der Waals surface area contributed by atoms with Crippen molar-refractivity contribution < 1.29 is 9.59 Å². The van der Waals surface area contributed by atoms with Gasteiger partial charge in [-0.25, -0.2) is 4.98 Å². The Labute approximate surface area is 133 Å². The van der Waals surface area contributed by atoms with Crippen LogP contribution >= 0.6 is 36.2 Å². The standard InChI is InChI=1S/C11H16N4O2S.2ClH/c1-7(12)10(17)15-5-2-3-8(15)9(16)14-11-13-4-6-18-11;;/h4,6-8H,2-3,5,12H2,1H3,(H,13,14,16);2*1H/t7-,8?;;/m1../s1. The summed E-state index contributed by atoms with van der Waals surface area (Å²) in [5.74, 6) is -0.358. The molecule has 114 valence electrons. The van der Waals surface area contributed by atoms with Crippen LogP contribution in [0.4, 0.5) is 5.13 Å². The fourth-order valence-electron chi connectivity index (χ4n) is 2.04. The summed E-state index contributed by atoms with van der Waals surface area (Å²) in [6, 6.07) is -0.995. The normalized spacial score (nSPS) is 18.7. The molecule has 0 radical (unpaired) electrons. The highest BCUT2D eigenvalue weighted by Crippen LogP contribution is 2.20. The zero-order valence-electron chi connectivity index (χ0n) is 10.9. The van der Waals surface area contributed by atoms with Crippen LogP contribution in [-0.2, 0) is 9.59 Å². The molecule has 0 saturated carbocycles. The molecule has 0 bridgehead atoms. The fourth-order valence-corrected chi connectivity index (χ4v) is 2.57. The number of rotatable bonds is 3. The highest BCUT2D eigenvalue weighted by molar-refractivity contribution is 7.13. The predicted molar refractivity (Wildman–Crippen MR) is 83.6 cm³/mol. The van der Waals surface area contributed by atoms with E-state index in [4.69, 9.17) is 5.73 Å². The Balaban J connectivity index is 0.00000180. The second-order valence-corrected chi connectivity index (χ2v) is 5.20. The molecule has 1 unspecified atom stereocenters. The number of thiazole rings is 1. The predicted octanol–water partition coefficient (Wildman–Crippen LogP) is 1.26. The van der Waals surface area contributed by atoms with Crippen molar-refractivity contribution in [1.29, 1.82) is 0 Å². The summed E-state index contributed by atoms with van der Waals surface area (Å²) >= 11 is 1.35. The molecule has 2 amide bonds. The second kappa shape index (κ2) is 8.41. The monoisotopic (exact) mass is 340 g/mol. The number of hydrogen-bond donors (Lipinski definition) is 2. The third kappa shape index (κ3) is 4.31. The van der Waals surface area contributed by atoms with Gasteiger partial charge < -0.3 is 16.0 Å². The van der Waals surface area contributed by atoms with Gasteiger partial charge in [0.2, 0.25) is 11.8 Å². The van der Waals surface area contributed by atoms with Gasteiger partial charge in [-0.15, -0.1) is 36.2 Å². The number of anilines is 1. The zero-order valence-corrected chi connectivity index (χ0v) is 13.4. The fraction of sp³-hybridized carbons (Fsp3) is 0.545. The highest BCUT2D eigenvalue weighted by Gasteiger charge is 2.35. The van der Waals surface area contributed by atoms with Crippen molar-refractivity contribution >= 4 is 53.1 Å². The minimum absolute atomic E-state index is 0. The van der Waals surface area contributed by atoms with E-state index in [2.05, 4.69) is 10.3 Å². The Morgan fingerprint density at radius 2 is 2.25 bits per heavy atom. The third-order valence-electron chi connectivity index (χ3n) is 2.89. The van der Waals surface area contributed by atoms with Gasteiger partial charge in [-0.1, -0.05) is 0 Å². The van der Waals surface area contributed by atoms with Gasteiger partial charge in [0.05, 0.1) is 6.04 Å². The van der Waals surface area contributed by atoms with Crippen LogP contribution in [-0.4, -0.2) is 40.3 Å². The molecule has 1 fully saturated rings. The molecule has 0 spiro atoms. The van der Waals surface area contributed by atoms with Gasteiger partial charge in [0.15, 0.2) is 5.13 Å². The molecular formula is C11H18Cl2N4O2S. The average molecular weight is 341 g/mol. The van der Waals surface area contributed by atoms with E-state index in [9.17, 15) is 9.59 Å². The maximum absolute atomic E-state index is 12.1. The third-order valence-corrected chi connectivity index (χ3v) is 3.58. The first-order chi connectivity index (χ1) is 8.59. The number of nitrogens with zero attached hydrogens (tertiary/aromatic N) is 2. The van der Waals surface area contributed by atoms with E-state index < -0.39 is 12.1 Å². The topological polar surface area (TPSA) is 88.3 Å². The highest BCUT2D eigenvalue weighted by atomic mass is 35.5. The molecule has 6 nitrogen and oxygen atoms in total. The van der Waals surface area contributed by atoms with Crippen molar-refractivity contribution in [1.82, 2.24) is 9.88 Å². The molecule has 1 aliphatic rings. The lowest BCUT2D eigenvalue weighted by atomic mass is 10.2. The zero-order chi connectivity index (χ0) is 13.1. The summed E-state index contributed by atoms with van der Waals surface area (Å²) in [7, 11) is 0. The number of amides is 2. The van der Waals surface area contributed by atoms with E-state index in [1.54, 1.807) is 23.4 Å². The molecule has 9 heteroatoms. The Morgan fingerprint density at radius 1 is 1.55 bits per heavy atom. The summed E-state index contributed by atoms with van der Waals surface area (Å²) < 4.78 is 0. The number of nitrogens with one attached hydrogen (secondary N) is 1. The van der Waals surface area contributed by atoms with Crippen molar-refractivity contribution in [2.24, 2.45) is 5.73 Å². The first kappa shape index (κ1) is 19.1. The number of hydrogen-bond acceptors (Lipinski definition) is 5. The van der Waals surface area contributed by atoms with Crippen molar-refractivity contribution in [2.45, 2.75) is 31.8 Å². The van der Waals surface area contributed by atoms with Crippen molar-refractivity contribution in [2.75, 3.05) is 11.9 Å². The first-order valence-electron chi connectivity index (χ1n) is 5.86. The average Bonchev–Trinajstić information content (AvgIpc) is 2.97. The summed E-state index contributed by atoms with van der Waals surface area (Å²) in [4.78, 5) is 29.5. The maximum atomic E-state index is 12.1. The Bertz CT molecular complexity index is 442. The van der Waals surface area contributed by atoms with E-state index in [0.29, 0.717) is 18.1 Å². The lowest BCUT2D eigenvalue weighted by Gasteiger charge is -2.25. The summed E-state index contributed by atoms with van der Waals surface area (Å²) in [5, 5.41) is 5.06. The van der Waals surface area contributed by atoms with Gasteiger partial charge in [-0.3, -0.25) is 9.59 Å². The molecule has 2 atom stereocenters. The number of carbonyl (C=O) groups is 2. The minimum atomic E-state index is -0.571. The van der Waals surface area contributed by atoms with Gasteiger partial charge in [0.25, 0.3) is 0 Å². The summed E-state index contributed by atoms with van der Waals surface area (Å²) in [6.45, 7) is 2.23. The van der Waals surface area contributed by atoms with Crippen LogP contribution < -0.4 is 11.1 Å². The number of carbonyl (C=O) groups excluding carboxylic acids is 2. The van der Waals surface area contributed by atoms with Crippen molar-refractivity contribution in [3.8, 4) is 0 Å². The van der Waals surface area contributed by atoms with Crippen LogP contribution in [0.2, 0.25) is 0 Å². The van der Waals surface area contributed by atoms with E-state index >= 15 is 0 Å². The number of likely N-dealkylation sites (tertiary alicyclic amines) is 1. The largest absolute Gasteiger partial charge is 0.329 e. The van der Waals surface area contributed by atoms with Crippen LogP contribution in [0.3, 0.4) is 0 Å². The van der Waals surface area contributed by atoms with Crippen LogP contribution in [0.25, 0.3) is 0 Å². The van der Waals surface area contributed by atoms with Crippen LogP contribution in [0.15, 0.2) is 11.6 Å². The smallest absolute Gasteiger partial charge is 0.248 e. The van der Waals surface area contributed by atoms with Crippen LogP contribution in [0, 0.1) is 0 Å². The Kier molecular flexibility index (Phi) is 8.03. The van der Waals surface area contributed by atoms with E-state index in [1.807, 2.05) is 0 Å². The lowest BCUT2D eigenvalue weighted by Crippen LogP contribution is -2.48. The Hall–Kier alpha value is -0.890. The van der Waals surface area contributed by atoms with Gasteiger partial charge in [-0.05, 0) is 19.8 Å². The second-order valence-electron chi connectivity index (χ2n) is 4.30. The van der Waals surface area contributed by atoms with Crippen molar-refractivity contribution in [3.63, 3.8) is 0 Å². The number of aromatic nitrogens is 1. The molecular weight excluding hydrogens is 323 g/mol. The molecule has 0 aromatic carbocycles. The maximum Gasteiger partial charge on any atom is 0.248 e. The Morgan fingerprint density at radius 3 is 2.80 bits per heavy atom. The van der Waals surface area contributed by atoms with Gasteiger partial charge in [-0.2, -0.15) is 0 Å². The van der Waals surface area contributed by atoms with Gasteiger partial charge in [0, 0.05) is 18.1 Å². The molecule has 1 saturated heterocycles. The lowest BCUT2D eigenvalue weighted by molar-refractivity contribution is -0.137. The van der Waals surface area contributed by atoms with Gasteiger partial charge >= 0.3 is 0 Å². The summed E-state index contributed by atoms with van der Waals surface area (Å²) in [5.41, 5.74) is 5.58. The van der Waals surface area contributed by atoms with Crippen molar-refractivity contribution in [3.05, 3.63) is 11.6 Å².